The zero-order valence-corrected chi connectivity index (χ0v) is 17.4. The van der Waals surface area contributed by atoms with Gasteiger partial charge in [0.25, 0.3) is 11.5 Å². The topological polar surface area (TPSA) is 183 Å². The Kier molecular flexibility index (Phi) is 6.88. The quantitative estimate of drug-likeness (QED) is 0.277. The Morgan fingerprint density at radius 2 is 1.91 bits per heavy atom. The van der Waals surface area contributed by atoms with Crippen LogP contribution in [0.2, 0.25) is 0 Å². The van der Waals surface area contributed by atoms with E-state index >= 15 is 0 Å². The second kappa shape index (κ2) is 9.77. The van der Waals surface area contributed by atoms with Crippen LogP contribution in [0.25, 0.3) is 11.0 Å². The van der Waals surface area contributed by atoms with E-state index in [-0.39, 0.29) is 24.3 Å². The minimum atomic E-state index is -1.05. The molecule has 168 valence electrons. The third kappa shape index (κ3) is 5.31. The van der Waals surface area contributed by atoms with Gasteiger partial charge in [-0.25, -0.2) is 0 Å². The molecule has 0 fully saturated rings. The number of nitrogens with two attached hydrogens (primary N) is 1. The van der Waals surface area contributed by atoms with Crippen LogP contribution in [0.5, 0.6) is 0 Å². The third-order valence-electron chi connectivity index (χ3n) is 5.06. The van der Waals surface area contributed by atoms with Gasteiger partial charge in [-0.05, 0) is 42.5 Å². The number of likely N-dealkylation sites (N-methyl/N-ethyl adjacent to an activating group) is 1. The lowest BCUT2D eigenvalue weighted by atomic mass is 10.0. The van der Waals surface area contributed by atoms with Crippen molar-refractivity contribution in [2.45, 2.75) is 31.7 Å². The minimum Gasteiger partial charge on any atom is -0.481 e. The molecule has 11 heteroatoms. The first-order valence-corrected chi connectivity index (χ1v) is 9.97. The molecule has 2 aromatic heterocycles. The molecule has 0 bridgehead atoms. The number of aliphatic carboxylic acids is 1. The number of anilines is 1. The van der Waals surface area contributed by atoms with E-state index in [0.717, 1.165) is 11.1 Å². The molecule has 0 saturated carbocycles. The number of nitrogens with zero attached hydrogens (tertiary/aromatic N) is 1. The number of nitrogen functional groups attached to an aromatic ring is 1. The average Bonchev–Trinajstić information content (AvgIpc) is 3.17. The van der Waals surface area contributed by atoms with Crippen LogP contribution in [0.3, 0.4) is 0 Å². The van der Waals surface area contributed by atoms with Crippen molar-refractivity contribution in [2.24, 2.45) is 0 Å². The maximum atomic E-state index is 12.5. The standard InChI is InChI=1S/C21H24N6O5/c1-23-19(31)14(8-9-15(28)29)25-18(30)12-5-2-11(3-6-12)4-7-13-10-24-17-16(13)20(32)27-21(22)26-17/h2-3,5-6,10,14H,4,7-9H2,1H3,(H,23,31)(H,25,30)(H,28,29)(H4,22,24,26,27,32). The molecule has 2 amide bonds. The van der Waals surface area contributed by atoms with Gasteiger partial charge in [-0.1, -0.05) is 12.1 Å². The lowest BCUT2D eigenvalue weighted by Crippen LogP contribution is -2.45. The van der Waals surface area contributed by atoms with Crippen LogP contribution in [-0.4, -0.2) is 50.9 Å². The van der Waals surface area contributed by atoms with Crippen molar-refractivity contribution >= 4 is 34.8 Å². The van der Waals surface area contributed by atoms with Crippen LogP contribution in [0.1, 0.15) is 34.3 Å². The van der Waals surface area contributed by atoms with E-state index in [0.29, 0.717) is 29.4 Å². The molecule has 1 unspecified atom stereocenters. The van der Waals surface area contributed by atoms with Gasteiger partial charge in [0, 0.05) is 25.2 Å². The summed E-state index contributed by atoms with van der Waals surface area (Å²) in [6, 6.07) is 5.90. The predicted molar refractivity (Wildman–Crippen MR) is 117 cm³/mol. The number of H-pyrrole nitrogens is 2. The number of aryl methyl sites for hydroxylation is 2. The zero-order chi connectivity index (χ0) is 23.3. The number of hydrogen-bond donors (Lipinski definition) is 6. The zero-order valence-electron chi connectivity index (χ0n) is 17.4. The number of aromatic nitrogens is 3. The number of carbonyl (C=O) groups excluding carboxylic acids is 2. The van der Waals surface area contributed by atoms with Gasteiger partial charge in [-0.2, -0.15) is 4.98 Å². The number of hydrogen-bond acceptors (Lipinski definition) is 6. The normalized spacial score (nSPS) is 11.8. The summed E-state index contributed by atoms with van der Waals surface area (Å²) in [6.45, 7) is 0. The summed E-state index contributed by atoms with van der Waals surface area (Å²) in [6.07, 6.45) is 2.68. The minimum absolute atomic E-state index is 0.0108. The number of aromatic amines is 2. The molecule has 0 spiro atoms. The molecule has 0 aliphatic rings. The maximum Gasteiger partial charge on any atom is 0.303 e. The highest BCUT2D eigenvalue weighted by atomic mass is 16.4. The number of benzene rings is 1. The Hall–Kier alpha value is -4.15. The van der Waals surface area contributed by atoms with Crippen molar-refractivity contribution in [1.29, 1.82) is 0 Å². The molecular weight excluding hydrogens is 416 g/mol. The summed E-state index contributed by atoms with van der Waals surface area (Å²) in [4.78, 5) is 56.9. The summed E-state index contributed by atoms with van der Waals surface area (Å²) in [5, 5.41) is 14.3. The second-order valence-electron chi connectivity index (χ2n) is 7.26. The highest BCUT2D eigenvalue weighted by Crippen LogP contribution is 2.16. The highest BCUT2D eigenvalue weighted by molar-refractivity contribution is 5.97. The van der Waals surface area contributed by atoms with Crippen molar-refractivity contribution in [3.63, 3.8) is 0 Å². The second-order valence-corrected chi connectivity index (χ2v) is 7.26. The molecule has 0 saturated heterocycles. The Morgan fingerprint density at radius 1 is 1.19 bits per heavy atom. The summed E-state index contributed by atoms with van der Waals surface area (Å²) >= 11 is 0. The number of fused-ring (bicyclic) bond motifs is 1. The van der Waals surface area contributed by atoms with Gasteiger partial charge >= 0.3 is 5.97 Å². The molecule has 7 N–H and O–H groups in total. The smallest absolute Gasteiger partial charge is 0.303 e. The first kappa shape index (κ1) is 22.5. The number of nitrogens with one attached hydrogen (secondary N) is 4. The molecule has 3 rings (SSSR count). The van der Waals surface area contributed by atoms with Crippen molar-refractivity contribution < 1.29 is 19.5 Å². The summed E-state index contributed by atoms with van der Waals surface area (Å²) in [5.41, 5.74) is 7.79. The number of carbonyl (C=O) groups is 3. The van der Waals surface area contributed by atoms with Gasteiger partial charge in [0.05, 0.1) is 5.39 Å². The monoisotopic (exact) mass is 440 g/mol. The van der Waals surface area contributed by atoms with Gasteiger partial charge in [0.2, 0.25) is 11.9 Å². The molecule has 2 heterocycles. The third-order valence-corrected chi connectivity index (χ3v) is 5.06. The summed E-state index contributed by atoms with van der Waals surface area (Å²) in [5.74, 6) is -1.93. The number of carboxylic acids is 1. The summed E-state index contributed by atoms with van der Waals surface area (Å²) < 4.78 is 0. The fraction of sp³-hybridized carbons (Fsp3) is 0.286. The Labute approximate surface area is 182 Å². The van der Waals surface area contributed by atoms with E-state index in [1.165, 1.54) is 7.05 Å². The van der Waals surface area contributed by atoms with Crippen LogP contribution in [-0.2, 0) is 22.4 Å². The molecule has 32 heavy (non-hydrogen) atoms. The van der Waals surface area contributed by atoms with Gasteiger partial charge in [0.1, 0.15) is 11.7 Å². The fourth-order valence-corrected chi connectivity index (χ4v) is 3.37. The molecule has 1 atom stereocenters. The lowest BCUT2D eigenvalue weighted by molar-refractivity contribution is -0.137. The Bertz CT molecular complexity index is 1200. The maximum absolute atomic E-state index is 12.5. The van der Waals surface area contributed by atoms with Crippen molar-refractivity contribution in [1.82, 2.24) is 25.6 Å². The van der Waals surface area contributed by atoms with E-state index in [1.807, 2.05) is 0 Å². The van der Waals surface area contributed by atoms with Crippen molar-refractivity contribution in [3.05, 3.63) is 57.5 Å². The first-order chi connectivity index (χ1) is 15.3. The van der Waals surface area contributed by atoms with Crippen LogP contribution in [0.15, 0.2) is 35.3 Å². The van der Waals surface area contributed by atoms with E-state index in [1.54, 1.807) is 30.5 Å². The molecule has 3 aromatic rings. The van der Waals surface area contributed by atoms with E-state index < -0.39 is 23.8 Å². The molecule has 0 aliphatic carbocycles. The molecule has 0 aliphatic heterocycles. The molecule has 1 aromatic carbocycles. The highest BCUT2D eigenvalue weighted by Gasteiger charge is 2.21. The molecule has 0 radical (unpaired) electrons. The number of rotatable bonds is 9. The number of amides is 2. The van der Waals surface area contributed by atoms with Crippen molar-refractivity contribution in [2.75, 3.05) is 12.8 Å². The Balaban J connectivity index is 1.64. The van der Waals surface area contributed by atoms with Gasteiger partial charge < -0.3 is 26.5 Å². The van der Waals surface area contributed by atoms with Crippen LogP contribution < -0.4 is 21.9 Å². The van der Waals surface area contributed by atoms with Gasteiger partial charge in [0.15, 0.2) is 0 Å². The van der Waals surface area contributed by atoms with Crippen LogP contribution in [0, 0.1) is 0 Å². The van der Waals surface area contributed by atoms with Gasteiger partial charge in [-0.3, -0.25) is 24.2 Å². The largest absolute Gasteiger partial charge is 0.481 e. The number of carboxylic acid groups (broad SMARTS) is 1. The van der Waals surface area contributed by atoms with E-state index in [4.69, 9.17) is 10.8 Å². The molecule has 11 nitrogen and oxygen atoms in total. The van der Waals surface area contributed by atoms with E-state index in [9.17, 15) is 19.2 Å². The van der Waals surface area contributed by atoms with Crippen LogP contribution in [0.4, 0.5) is 5.95 Å². The lowest BCUT2D eigenvalue weighted by Gasteiger charge is -2.16. The fourth-order valence-electron chi connectivity index (χ4n) is 3.37. The Morgan fingerprint density at radius 3 is 2.56 bits per heavy atom. The SMILES string of the molecule is CNC(=O)C(CCC(=O)O)NC(=O)c1ccc(CCc2c[nH]c3nc(N)[nH]c(=O)c23)cc1. The van der Waals surface area contributed by atoms with Crippen molar-refractivity contribution in [3.8, 4) is 0 Å². The van der Waals surface area contributed by atoms with E-state index in [2.05, 4.69) is 25.6 Å². The van der Waals surface area contributed by atoms with Crippen LogP contribution >= 0.6 is 0 Å². The predicted octanol–water partition coefficient (Wildman–Crippen LogP) is 0.328. The average molecular weight is 440 g/mol. The molecular formula is C21H24N6O5. The van der Waals surface area contributed by atoms with Gasteiger partial charge in [-0.15, -0.1) is 0 Å². The summed E-state index contributed by atoms with van der Waals surface area (Å²) in [7, 11) is 1.42. The first-order valence-electron chi connectivity index (χ1n) is 9.97.